The number of nitrogens with one attached hydrogen (secondary N) is 3. The van der Waals surface area contributed by atoms with Crippen molar-refractivity contribution in [1.82, 2.24) is 25.1 Å². The van der Waals surface area contributed by atoms with E-state index in [1.54, 1.807) is 20.4 Å². The van der Waals surface area contributed by atoms with Gasteiger partial charge in [0.25, 0.3) is 5.88 Å². The predicted octanol–water partition coefficient (Wildman–Crippen LogP) is 4.07. The molecule has 0 spiro atoms. The van der Waals surface area contributed by atoms with Crippen LogP contribution in [0.15, 0.2) is 59.5 Å². The number of H-pyrrole nitrogens is 2. The Kier molecular flexibility index (Phi) is 5.08. The highest BCUT2D eigenvalue weighted by Gasteiger charge is 2.16. The van der Waals surface area contributed by atoms with E-state index in [4.69, 9.17) is 18.6 Å². The Bertz CT molecular complexity index is 1300. The fraction of sp³-hybridized carbons (Fsp3) is 0.136. The zero-order chi connectivity index (χ0) is 21.9. The van der Waals surface area contributed by atoms with E-state index < -0.39 is 0 Å². The molecule has 0 radical (unpaired) electrons. The molecule has 3 N–H and O–H groups in total. The predicted molar refractivity (Wildman–Crippen MR) is 118 cm³/mol. The van der Waals surface area contributed by atoms with Crippen LogP contribution >= 0.6 is 0 Å². The van der Waals surface area contributed by atoms with Gasteiger partial charge in [0.2, 0.25) is 0 Å². The van der Waals surface area contributed by atoms with Gasteiger partial charge in [0.1, 0.15) is 5.69 Å². The van der Waals surface area contributed by atoms with Crippen LogP contribution in [0.3, 0.4) is 0 Å². The summed E-state index contributed by atoms with van der Waals surface area (Å²) in [6.07, 6.45) is 3.02. The van der Waals surface area contributed by atoms with Gasteiger partial charge in [0, 0.05) is 17.7 Å². The molecular weight excluding hydrogens is 412 g/mol. The van der Waals surface area contributed by atoms with E-state index in [1.807, 2.05) is 42.5 Å². The first-order valence-electron chi connectivity index (χ1n) is 9.78. The molecule has 0 aliphatic carbocycles. The molecule has 10 heteroatoms. The molecule has 3 heterocycles. The summed E-state index contributed by atoms with van der Waals surface area (Å²) in [4.78, 5) is 12.1. The third-order valence-electron chi connectivity index (χ3n) is 4.91. The third-order valence-corrected chi connectivity index (χ3v) is 4.91. The van der Waals surface area contributed by atoms with Gasteiger partial charge in [-0.15, -0.1) is 0 Å². The molecule has 10 nitrogen and oxygen atoms in total. The molecule has 3 aromatic heterocycles. The van der Waals surface area contributed by atoms with Crippen molar-refractivity contribution in [1.29, 1.82) is 0 Å². The number of imidazole rings is 1. The zero-order valence-corrected chi connectivity index (χ0v) is 17.4. The number of rotatable bonds is 8. The first-order valence-corrected chi connectivity index (χ1v) is 9.78. The van der Waals surface area contributed by atoms with E-state index in [9.17, 15) is 0 Å². The molecule has 0 aliphatic heterocycles. The number of aromatic nitrogens is 5. The highest BCUT2D eigenvalue weighted by molar-refractivity contribution is 5.84. The van der Waals surface area contributed by atoms with Gasteiger partial charge in [0.05, 0.1) is 37.1 Å². The summed E-state index contributed by atoms with van der Waals surface area (Å²) in [5.41, 5.74) is 3.84. The Balaban J connectivity index is 1.34. The average molecular weight is 432 g/mol. The molecule has 0 saturated heterocycles. The molecule has 0 unspecified atom stereocenters. The quantitative estimate of drug-likeness (QED) is 0.314. The summed E-state index contributed by atoms with van der Waals surface area (Å²) in [6.45, 7) is 0.154. The Hall–Kier alpha value is -4.47. The number of anilines is 1. The second-order valence-electron chi connectivity index (χ2n) is 6.79. The second-order valence-corrected chi connectivity index (χ2v) is 6.79. The average Bonchev–Trinajstić information content (AvgIpc) is 3.57. The fourth-order valence-corrected chi connectivity index (χ4v) is 3.36. The molecule has 0 saturated carbocycles. The maximum absolute atomic E-state index is 5.79. The summed E-state index contributed by atoms with van der Waals surface area (Å²) in [6, 6.07) is 13.3. The number of aromatic amines is 2. The zero-order valence-electron chi connectivity index (χ0n) is 17.4. The second kappa shape index (κ2) is 8.34. The van der Waals surface area contributed by atoms with Crippen LogP contribution in [0.1, 0.15) is 0 Å². The van der Waals surface area contributed by atoms with Gasteiger partial charge in [-0.2, -0.15) is 10.1 Å². The summed E-state index contributed by atoms with van der Waals surface area (Å²) in [5.74, 6) is 2.81. The van der Waals surface area contributed by atoms with Crippen LogP contribution in [-0.4, -0.2) is 46.1 Å². The fourth-order valence-electron chi connectivity index (χ4n) is 3.36. The summed E-state index contributed by atoms with van der Waals surface area (Å²) in [7, 11) is 3.18. The van der Waals surface area contributed by atoms with Crippen molar-refractivity contribution in [2.45, 2.75) is 0 Å². The number of ether oxygens (including phenoxy) is 3. The lowest BCUT2D eigenvalue weighted by atomic mass is 10.2. The topological polar surface area (TPSA) is 123 Å². The summed E-state index contributed by atoms with van der Waals surface area (Å²) >= 11 is 0. The van der Waals surface area contributed by atoms with Crippen molar-refractivity contribution in [3.8, 4) is 40.2 Å². The number of methoxy groups -OCH3 is 2. The Labute approximate surface area is 182 Å². The third kappa shape index (κ3) is 3.58. The van der Waals surface area contributed by atoms with Gasteiger partial charge in [0.15, 0.2) is 36.2 Å². The molecule has 2 aromatic carbocycles. The minimum atomic E-state index is 0.154. The Morgan fingerprint density at radius 3 is 2.69 bits per heavy atom. The molecule has 0 atom stereocenters. The number of hydrogen-bond donors (Lipinski definition) is 3. The van der Waals surface area contributed by atoms with E-state index >= 15 is 0 Å². The van der Waals surface area contributed by atoms with Crippen molar-refractivity contribution in [3.63, 3.8) is 0 Å². The normalized spacial score (nSPS) is 10.9. The van der Waals surface area contributed by atoms with Crippen molar-refractivity contribution >= 4 is 16.7 Å². The SMILES string of the molecule is COc1cc2nc(-c3[nH]ncc3NCOc3ncoc3-c3ccccc3)[nH]c2cc1OC. The standard InChI is InChI=1S/C22H20N6O4/c1-29-17-8-14-15(9-18(17)30-2)27-21(26-14)19-16(10-25-28-19)23-11-32-22-20(31-12-24-22)13-6-4-3-5-7-13/h3-10,12,23H,11H2,1-2H3,(H,25,28)(H,26,27). The van der Waals surface area contributed by atoms with Crippen LogP contribution < -0.4 is 19.5 Å². The number of nitrogens with zero attached hydrogens (tertiary/aromatic N) is 3. The largest absolute Gasteiger partial charge is 0.493 e. The molecule has 162 valence electrons. The number of oxazole rings is 1. The van der Waals surface area contributed by atoms with Crippen molar-refractivity contribution in [2.24, 2.45) is 0 Å². The summed E-state index contributed by atoms with van der Waals surface area (Å²) in [5, 5.41) is 10.3. The number of benzene rings is 2. The van der Waals surface area contributed by atoms with Crippen LogP contribution in [0, 0.1) is 0 Å². The van der Waals surface area contributed by atoms with E-state index in [-0.39, 0.29) is 6.73 Å². The lowest BCUT2D eigenvalue weighted by molar-refractivity contribution is 0.334. The summed E-state index contributed by atoms with van der Waals surface area (Å²) < 4.78 is 22.0. The van der Waals surface area contributed by atoms with Crippen LogP contribution in [-0.2, 0) is 0 Å². The van der Waals surface area contributed by atoms with Crippen molar-refractivity contribution < 1.29 is 18.6 Å². The molecule has 0 bridgehead atoms. The minimum absolute atomic E-state index is 0.154. The van der Waals surface area contributed by atoms with Crippen molar-refractivity contribution in [3.05, 3.63) is 55.1 Å². The number of hydrogen-bond acceptors (Lipinski definition) is 8. The maximum Gasteiger partial charge on any atom is 0.262 e. The van der Waals surface area contributed by atoms with Gasteiger partial charge >= 0.3 is 0 Å². The highest BCUT2D eigenvalue weighted by atomic mass is 16.5. The van der Waals surface area contributed by atoms with E-state index in [0.717, 1.165) is 16.6 Å². The minimum Gasteiger partial charge on any atom is -0.493 e. The van der Waals surface area contributed by atoms with Crippen LogP contribution in [0.5, 0.6) is 17.4 Å². The van der Waals surface area contributed by atoms with Gasteiger partial charge in [-0.1, -0.05) is 30.3 Å². The van der Waals surface area contributed by atoms with Gasteiger partial charge < -0.3 is 28.9 Å². The Morgan fingerprint density at radius 1 is 1.06 bits per heavy atom. The first kappa shape index (κ1) is 19.5. The van der Waals surface area contributed by atoms with E-state index in [2.05, 4.69) is 30.5 Å². The van der Waals surface area contributed by atoms with Crippen molar-refractivity contribution in [2.75, 3.05) is 26.3 Å². The smallest absolute Gasteiger partial charge is 0.262 e. The van der Waals surface area contributed by atoms with E-state index in [1.165, 1.54) is 6.39 Å². The van der Waals surface area contributed by atoms with Gasteiger partial charge in [-0.3, -0.25) is 5.10 Å². The maximum atomic E-state index is 5.79. The molecular formula is C22H20N6O4. The molecule has 0 fully saturated rings. The monoisotopic (exact) mass is 432 g/mol. The number of fused-ring (bicyclic) bond motifs is 1. The van der Waals surface area contributed by atoms with Crippen LogP contribution in [0.2, 0.25) is 0 Å². The van der Waals surface area contributed by atoms with Gasteiger partial charge in [-0.05, 0) is 0 Å². The van der Waals surface area contributed by atoms with Crippen LogP contribution in [0.25, 0.3) is 33.9 Å². The highest BCUT2D eigenvalue weighted by Crippen LogP contribution is 2.33. The van der Waals surface area contributed by atoms with E-state index in [0.29, 0.717) is 40.3 Å². The van der Waals surface area contributed by atoms with Gasteiger partial charge in [-0.25, -0.2) is 4.98 Å². The molecule has 5 rings (SSSR count). The molecule has 32 heavy (non-hydrogen) atoms. The first-order chi connectivity index (χ1) is 15.8. The molecule has 0 amide bonds. The lowest BCUT2D eigenvalue weighted by Crippen LogP contribution is -2.09. The molecule has 5 aromatic rings. The lowest BCUT2D eigenvalue weighted by Gasteiger charge is -2.07. The molecule has 0 aliphatic rings. The Morgan fingerprint density at radius 2 is 1.88 bits per heavy atom. The van der Waals surface area contributed by atoms with Crippen LogP contribution in [0.4, 0.5) is 5.69 Å².